The van der Waals surface area contributed by atoms with Crippen molar-refractivity contribution >= 4 is 27.5 Å². The summed E-state index contributed by atoms with van der Waals surface area (Å²) in [5, 5.41) is 12.0. The summed E-state index contributed by atoms with van der Waals surface area (Å²) in [4.78, 5) is 15.5. The zero-order valence-electron chi connectivity index (χ0n) is 11.8. The van der Waals surface area contributed by atoms with E-state index in [1.54, 1.807) is 31.2 Å². The second kappa shape index (κ2) is 6.21. The van der Waals surface area contributed by atoms with E-state index in [1.807, 2.05) is 0 Å². The maximum atomic E-state index is 13.3. The van der Waals surface area contributed by atoms with E-state index in [4.69, 9.17) is 0 Å². The Morgan fingerprint density at radius 1 is 1.36 bits per heavy atom. The van der Waals surface area contributed by atoms with Crippen LogP contribution in [-0.2, 0) is 10.4 Å². The number of hydrogen-bond acceptors (Lipinski definition) is 4. The lowest BCUT2D eigenvalue weighted by Crippen LogP contribution is -2.46. The molecular formula is C14H15F3N2O2S. The number of alkyl halides is 3. The van der Waals surface area contributed by atoms with Gasteiger partial charge in [-0.1, -0.05) is 19.1 Å². The Hall–Kier alpha value is -1.67. The third-order valence-corrected chi connectivity index (χ3v) is 4.29. The molecule has 1 aromatic carbocycles. The SMILES string of the molecule is CCCNC(=O)C[C@](O)(c1nc2ccccc2s1)C(F)(F)F. The fourth-order valence-electron chi connectivity index (χ4n) is 1.91. The molecular weight excluding hydrogens is 317 g/mol. The summed E-state index contributed by atoms with van der Waals surface area (Å²) in [5.74, 6) is -0.860. The number of aromatic nitrogens is 1. The first kappa shape index (κ1) is 16.7. The van der Waals surface area contributed by atoms with Crippen molar-refractivity contribution in [2.45, 2.75) is 31.5 Å². The van der Waals surface area contributed by atoms with E-state index >= 15 is 0 Å². The Morgan fingerprint density at radius 2 is 2.05 bits per heavy atom. The van der Waals surface area contributed by atoms with Gasteiger partial charge in [0.1, 0.15) is 5.01 Å². The van der Waals surface area contributed by atoms with Crippen LogP contribution in [0, 0.1) is 0 Å². The smallest absolute Gasteiger partial charge is 0.374 e. The number of hydrogen-bond donors (Lipinski definition) is 2. The van der Waals surface area contributed by atoms with Gasteiger partial charge in [0.05, 0.1) is 16.6 Å². The van der Waals surface area contributed by atoms with Gasteiger partial charge in [0, 0.05) is 6.54 Å². The zero-order chi connectivity index (χ0) is 16.4. The first-order valence-electron chi connectivity index (χ1n) is 6.70. The molecule has 0 saturated heterocycles. The van der Waals surface area contributed by atoms with Gasteiger partial charge in [-0.25, -0.2) is 4.98 Å². The van der Waals surface area contributed by atoms with Gasteiger partial charge in [-0.15, -0.1) is 11.3 Å². The van der Waals surface area contributed by atoms with Crippen LogP contribution in [-0.4, -0.2) is 28.7 Å². The molecule has 2 rings (SSSR count). The highest BCUT2D eigenvalue weighted by Crippen LogP contribution is 2.44. The van der Waals surface area contributed by atoms with Gasteiger partial charge in [0.15, 0.2) is 0 Å². The third-order valence-electron chi connectivity index (χ3n) is 3.11. The van der Waals surface area contributed by atoms with Crippen LogP contribution < -0.4 is 5.32 Å². The predicted molar refractivity (Wildman–Crippen MR) is 77.5 cm³/mol. The summed E-state index contributed by atoms with van der Waals surface area (Å²) in [6.45, 7) is 2.04. The summed E-state index contributed by atoms with van der Waals surface area (Å²) >= 11 is 0.736. The Kier molecular flexibility index (Phi) is 4.72. The number of carbonyl (C=O) groups is 1. The first-order valence-corrected chi connectivity index (χ1v) is 7.51. The van der Waals surface area contributed by atoms with Gasteiger partial charge in [-0.05, 0) is 18.6 Å². The van der Waals surface area contributed by atoms with Crippen molar-refractivity contribution in [3.8, 4) is 0 Å². The minimum absolute atomic E-state index is 0.257. The van der Waals surface area contributed by atoms with E-state index < -0.39 is 29.1 Å². The average Bonchev–Trinajstić information content (AvgIpc) is 2.88. The van der Waals surface area contributed by atoms with Crippen molar-refractivity contribution in [1.29, 1.82) is 0 Å². The van der Waals surface area contributed by atoms with Crippen LogP contribution >= 0.6 is 11.3 Å². The monoisotopic (exact) mass is 332 g/mol. The topological polar surface area (TPSA) is 62.2 Å². The van der Waals surface area contributed by atoms with Crippen LogP contribution in [0.4, 0.5) is 13.2 Å². The molecule has 0 bridgehead atoms. The maximum absolute atomic E-state index is 13.3. The number of halogens is 3. The number of para-hydroxylation sites is 1. The van der Waals surface area contributed by atoms with Gasteiger partial charge >= 0.3 is 6.18 Å². The molecule has 2 N–H and O–H groups in total. The van der Waals surface area contributed by atoms with E-state index in [1.165, 1.54) is 0 Å². The molecule has 120 valence electrons. The number of rotatable bonds is 5. The van der Waals surface area contributed by atoms with E-state index in [9.17, 15) is 23.1 Å². The number of nitrogens with zero attached hydrogens (tertiary/aromatic N) is 1. The van der Waals surface area contributed by atoms with Gasteiger partial charge < -0.3 is 10.4 Å². The second-order valence-corrected chi connectivity index (χ2v) is 5.90. The van der Waals surface area contributed by atoms with Crippen molar-refractivity contribution in [1.82, 2.24) is 10.3 Å². The molecule has 1 aromatic heterocycles. The molecule has 1 amide bonds. The molecule has 0 unspecified atom stereocenters. The molecule has 0 aliphatic heterocycles. The van der Waals surface area contributed by atoms with E-state index in [-0.39, 0.29) is 6.54 Å². The molecule has 0 aliphatic carbocycles. The lowest BCUT2D eigenvalue weighted by atomic mass is 9.99. The van der Waals surface area contributed by atoms with Gasteiger partial charge in [0.2, 0.25) is 11.5 Å². The molecule has 0 radical (unpaired) electrons. The first-order chi connectivity index (χ1) is 10.3. The Bertz CT molecular complexity index is 638. The van der Waals surface area contributed by atoms with Gasteiger partial charge in [0.25, 0.3) is 0 Å². The predicted octanol–water partition coefficient (Wildman–Crippen LogP) is 2.96. The minimum Gasteiger partial charge on any atom is -0.374 e. The van der Waals surface area contributed by atoms with Gasteiger partial charge in [-0.2, -0.15) is 13.2 Å². The van der Waals surface area contributed by atoms with Crippen LogP contribution in [0.3, 0.4) is 0 Å². The van der Waals surface area contributed by atoms with Crippen molar-refractivity contribution < 1.29 is 23.1 Å². The largest absolute Gasteiger partial charge is 0.424 e. The van der Waals surface area contributed by atoms with Crippen LogP contribution in [0.15, 0.2) is 24.3 Å². The normalized spacial score (nSPS) is 14.8. The van der Waals surface area contributed by atoms with E-state index in [0.717, 1.165) is 11.3 Å². The summed E-state index contributed by atoms with van der Waals surface area (Å²) in [6, 6.07) is 6.49. The number of aliphatic hydroxyl groups is 1. The van der Waals surface area contributed by atoms with Crippen molar-refractivity contribution in [2.24, 2.45) is 0 Å². The molecule has 0 aliphatic rings. The Balaban J connectivity index is 2.38. The molecule has 0 spiro atoms. The van der Waals surface area contributed by atoms with E-state index in [0.29, 0.717) is 16.6 Å². The van der Waals surface area contributed by atoms with Crippen LogP contribution in [0.25, 0.3) is 10.2 Å². The number of amides is 1. The zero-order valence-corrected chi connectivity index (χ0v) is 12.6. The average molecular weight is 332 g/mol. The maximum Gasteiger partial charge on any atom is 0.424 e. The molecule has 0 fully saturated rings. The van der Waals surface area contributed by atoms with Crippen molar-refractivity contribution in [3.05, 3.63) is 29.3 Å². The number of fused-ring (bicyclic) bond motifs is 1. The summed E-state index contributed by atoms with van der Waals surface area (Å²) in [7, 11) is 0. The Morgan fingerprint density at radius 3 is 2.64 bits per heavy atom. The minimum atomic E-state index is -5.00. The highest BCUT2D eigenvalue weighted by atomic mass is 32.1. The lowest BCUT2D eigenvalue weighted by molar-refractivity contribution is -0.267. The van der Waals surface area contributed by atoms with Crippen molar-refractivity contribution in [2.75, 3.05) is 6.54 Å². The second-order valence-electron chi connectivity index (χ2n) is 4.87. The fraction of sp³-hybridized carbons (Fsp3) is 0.429. The molecule has 22 heavy (non-hydrogen) atoms. The summed E-state index contributed by atoms with van der Waals surface area (Å²) < 4.78 is 40.5. The number of benzene rings is 1. The third kappa shape index (κ3) is 3.22. The summed E-state index contributed by atoms with van der Waals surface area (Å²) in [6.07, 6.45) is -5.50. The molecule has 8 heteroatoms. The number of carbonyl (C=O) groups excluding carboxylic acids is 1. The number of nitrogens with one attached hydrogen (secondary N) is 1. The van der Waals surface area contributed by atoms with E-state index in [2.05, 4.69) is 10.3 Å². The quantitative estimate of drug-likeness (QED) is 0.885. The lowest BCUT2D eigenvalue weighted by Gasteiger charge is -2.27. The van der Waals surface area contributed by atoms with Crippen LogP contribution in [0.5, 0.6) is 0 Å². The van der Waals surface area contributed by atoms with Gasteiger partial charge in [-0.3, -0.25) is 4.79 Å². The highest BCUT2D eigenvalue weighted by Gasteiger charge is 2.58. The molecule has 4 nitrogen and oxygen atoms in total. The van der Waals surface area contributed by atoms with Crippen LogP contribution in [0.1, 0.15) is 24.8 Å². The molecule has 1 atom stereocenters. The van der Waals surface area contributed by atoms with Crippen molar-refractivity contribution in [3.63, 3.8) is 0 Å². The molecule has 2 aromatic rings. The summed E-state index contributed by atoms with van der Waals surface area (Å²) in [5.41, 5.74) is -2.92. The molecule has 0 saturated carbocycles. The highest BCUT2D eigenvalue weighted by molar-refractivity contribution is 7.18. The Labute approximate surface area is 129 Å². The standard InChI is InChI=1S/C14H15F3N2O2S/c1-2-7-18-11(20)8-13(21,14(15,16)17)12-19-9-5-3-4-6-10(9)22-12/h3-6,21H,2,7-8H2,1H3,(H,18,20)/t13-/m0/s1. The number of thiazole rings is 1. The molecule has 1 heterocycles. The fourth-order valence-corrected chi connectivity index (χ4v) is 2.98. The van der Waals surface area contributed by atoms with Crippen LogP contribution in [0.2, 0.25) is 0 Å².